The number of rotatable bonds is 4. The van der Waals surface area contributed by atoms with Crippen molar-refractivity contribution in [2.24, 2.45) is 0 Å². The maximum Gasteiger partial charge on any atom is 0.254 e. The molecule has 1 N–H and O–H groups in total. The Kier molecular flexibility index (Phi) is 3.84. The molecule has 0 saturated heterocycles. The number of nitrogens with one attached hydrogen (secondary N) is 1. The van der Waals surface area contributed by atoms with Gasteiger partial charge in [0.25, 0.3) is 5.91 Å². The third-order valence-electron chi connectivity index (χ3n) is 2.37. The van der Waals surface area contributed by atoms with Crippen molar-refractivity contribution in [2.75, 3.05) is 6.54 Å². The Labute approximate surface area is 107 Å². The van der Waals surface area contributed by atoms with Crippen molar-refractivity contribution >= 4 is 23.0 Å². The Balaban J connectivity index is 1.97. The van der Waals surface area contributed by atoms with Crippen LogP contribution in [0, 0.1) is 5.82 Å². The predicted molar refractivity (Wildman–Crippen MR) is 67.4 cm³/mol. The summed E-state index contributed by atoms with van der Waals surface area (Å²) in [6, 6.07) is 7.33. The molecule has 2 aromatic rings. The smallest absolute Gasteiger partial charge is 0.254 e. The first-order valence-electron chi connectivity index (χ1n) is 5.26. The quantitative estimate of drug-likeness (QED) is 0.861. The monoisotopic (exact) mass is 263 g/mol. The Morgan fingerprint density at radius 1 is 1.22 bits per heavy atom. The molecule has 0 aliphatic heterocycles. The molecular weight excluding hydrogens is 253 g/mol. The van der Waals surface area contributed by atoms with E-state index in [1.165, 1.54) is 29.5 Å². The molecule has 5 heteroatoms. The van der Waals surface area contributed by atoms with E-state index in [1.54, 1.807) is 22.9 Å². The molecule has 0 unspecified atom stereocenters. The van der Waals surface area contributed by atoms with E-state index < -0.39 is 11.7 Å². The highest BCUT2D eigenvalue weighted by Crippen LogP contribution is 2.07. The van der Waals surface area contributed by atoms with Crippen molar-refractivity contribution in [3.63, 3.8) is 0 Å². The van der Waals surface area contributed by atoms with Crippen molar-refractivity contribution in [2.45, 2.75) is 0 Å². The summed E-state index contributed by atoms with van der Waals surface area (Å²) in [6.45, 7) is -0.135. The van der Waals surface area contributed by atoms with Gasteiger partial charge in [0, 0.05) is 10.9 Å². The molecule has 1 aromatic carbocycles. The van der Waals surface area contributed by atoms with Crippen molar-refractivity contribution < 1.29 is 14.0 Å². The second-order valence-electron chi connectivity index (χ2n) is 3.60. The van der Waals surface area contributed by atoms with Gasteiger partial charge in [-0.05, 0) is 23.6 Å². The third-order valence-corrected chi connectivity index (χ3v) is 3.05. The number of hydrogen-bond acceptors (Lipinski definition) is 3. The Morgan fingerprint density at radius 2 is 2.00 bits per heavy atom. The van der Waals surface area contributed by atoms with E-state index in [1.807, 2.05) is 0 Å². The van der Waals surface area contributed by atoms with Crippen LogP contribution in [-0.2, 0) is 0 Å². The fourth-order valence-corrected chi connectivity index (χ4v) is 2.09. The van der Waals surface area contributed by atoms with Gasteiger partial charge in [-0.15, -0.1) is 0 Å². The van der Waals surface area contributed by atoms with E-state index >= 15 is 0 Å². The lowest BCUT2D eigenvalue weighted by Crippen LogP contribution is -2.30. The maximum absolute atomic E-state index is 13.3. The van der Waals surface area contributed by atoms with Gasteiger partial charge in [0.05, 0.1) is 12.1 Å². The standard InChI is InChI=1S/C13H10FNO2S/c14-11-4-2-1-3-10(11)13(17)15-7-12(16)9-5-6-18-8-9/h1-6,8H,7H2,(H,15,17). The zero-order valence-electron chi connectivity index (χ0n) is 9.35. The van der Waals surface area contributed by atoms with Crippen LogP contribution in [0.2, 0.25) is 0 Å². The normalized spacial score (nSPS) is 10.1. The SMILES string of the molecule is O=C(CNC(=O)c1ccccc1F)c1ccsc1. The van der Waals surface area contributed by atoms with Crippen LogP contribution in [0.3, 0.4) is 0 Å². The van der Waals surface area contributed by atoms with Gasteiger partial charge >= 0.3 is 0 Å². The third kappa shape index (κ3) is 2.81. The van der Waals surface area contributed by atoms with Gasteiger partial charge < -0.3 is 5.32 Å². The van der Waals surface area contributed by atoms with Crippen LogP contribution in [-0.4, -0.2) is 18.2 Å². The maximum atomic E-state index is 13.3. The van der Waals surface area contributed by atoms with Crippen LogP contribution in [0.5, 0.6) is 0 Å². The van der Waals surface area contributed by atoms with E-state index in [9.17, 15) is 14.0 Å². The first-order chi connectivity index (χ1) is 8.68. The molecule has 1 heterocycles. The molecule has 2 rings (SSSR count). The predicted octanol–water partition coefficient (Wildman–Crippen LogP) is 2.50. The molecule has 1 amide bonds. The highest BCUT2D eigenvalue weighted by atomic mass is 32.1. The molecule has 0 fully saturated rings. The summed E-state index contributed by atoms with van der Waals surface area (Å²) in [5.41, 5.74) is 0.490. The molecule has 0 spiro atoms. The van der Waals surface area contributed by atoms with Gasteiger partial charge in [-0.2, -0.15) is 11.3 Å². The second kappa shape index (κ2) is 5.55. The highest BCUT2D eigenvalue weighted by molar-refractivity contribution is 7.08. The molecule has 0 aliphatic rings. The van der Waals surface area contributed by atoms with Crippen LogP contribution in [0.15, 0.2) is 41.1 Å². The van der Waals surface area contributed by atoms with Gasteiger partial charge in [0.1, 0.15) is 5.82 Å². The van der Waals surface area contributed by atoms with Crippen LogP contribution in [0.1, 0.15) is 20.7 Å². The average Bonchev–Trinajstić information content (AvgIpc) is 2.90. The Morgan fingerprint density at radius 3 is 2.67 bits per heavy atom. The molecule has 0 atom stereocenters. The van der Waals surface area contributed by atoms with Gasteiger partial charge in [-0.25, -0.2) is 4.39 Å². The Bertz CT molecular complexity index is 566. The van der Waals surface area contributed by atoms with Gasteiger partial charge in [-0.3, -0.25) is 9.59 Å². The van der Waals surface area contributed by atoms with Crippen molar-refractivity contribution in [3.05, 3.63) is 58.0 Å². The molecular formula is C13H10FNO2S. The topological polar surface area (TPSA) is 46.2 Å². The van der Waals surface area contributed by atoms with E-state index in [-0.39, 0.29) is 17.9 Å². The van der Waals surface area contributed by atoms with E-state index in [0.29, 0.717) is 5.56 Å². The number of carbonyl (C=O) groups excluding carboxylic acids is 2. The number of carbonyl (C=O) groups is 2. The van der Waals surface area contributed by atoms with Crippen molar-refractivity contribution in [1.29, 1.82) is 0 Å². The fraction of sp³-hybridized carbons (Fsp3) is 0.0769. The minimum absolute atomic E-state index is 0.0596. The fourth-order valence-electron chi connectivity index (χ4n) is 1.43. The Hall–Kier alpha value is -2.01. The molecule has 92 valence electrons. The van der Waals surface area contributed by atoms with Crippen molar-refractivity contribution in [3.8, 4) is 0 Å². The van der Waals surface area contributed by atoms with Gasteiger partial charge in [0.2, 0.25) is 0 Å². The minimum atomic E-state index is -0.599. The molecule has 0 saturated carbocycles. The summed E-state index contributed by atoms with van der Waals surface area (Å²) in [6.07, 6.45) is 0. The number of hydrogen-bond donors (Lipinski definition) is 1. The number of thiophene rings is 1. The van der Waals surface area contributed by atoms with Gasteiger partial charge in [-0.1, -0.05) is 12.1 Å². The highest BCUT2D eigenvalue weighted by Gasteiger charge is 2.12. The number of ketones is 1. The van der Waals surface area contributed by atoms with E-state index in [4.69, 9.17) is 0 Å². The zero-order valence-corrected chi connectivity index (χ0v) is 10.2. The van der Waals surface area contributed by atoms with Crippen LogP contribution in [0.4, 0.5) is 4.39 Å². The number of halogens is 1. The lowest BCUT2D eigenvalue weighted by atomic mass is 10.2. The second-order valence-corrected chi connectivity index (χ2v) is 4.38. The van der Waals surface area contributed by atoms with Crippen LogP contribution in [0.25, 0.3) is 0 Å². The van der Waals surface area contributed by atoms with Crippen molar-refractivity contribution in [1.82, 2.24) is 5.32 Å². The first kappa shape index (κ1) is 12.4. The lowest BCUT2D eigenvalue weighted by Gasteiger charge is -2.04. The van der Waals surface area contributed by atoms with Gasteiger partial charge in [0.15, 0.2) is 5.78 Å². The molecule has 3 nitrogen and oxygen atoms in total. The summed E-state index contributed by atoms with van der Waals surface area (Å²) < 4.78 is 13.3. The number of benzene rings is 1. The zero-order chi connectivity index (χ0) is 13.0. The molecule has 0 bridgehead atoms. The van der Waals surface area contributed by atoms with Crippen LogP contribution < -0.4 is 5.32 Å². The lowest BCUT2D eigenvalue weighted by molar-refractivity contribution is 0.0901. The number of amides is 1. The number of Topliss-reactive ketones (excluding diaryl/α,β-unsaturated/α-hetero) is 1. The average molecular weight is 263 g/mol. The first-order valence-corrected chi connectivity index (χ1v) is 6.21. The van der Waals surface area contributed by atoms with E-state index in [2.05, 4.69) is 5.32 Å². The molecule has 0 aliphatic carbocycles. The molecule has 18 heavy (non-hydrogen) atoms. The molecule has 0 radical (unpaired) electrons. The largest absolute Gasteiger partial charge is 0.344 e. The summed E-state index contributed by atoms with van der Waals surface area (Å²) >= 11 is 1.41. The minimum Gasteiger partial charge on any atom is -0.344 e. The summed E-state index contributed by atoms with van der Waals surface area (Å²) in [5, 5.41) is 5.89. The van der Waals surface area contributed by atoms with E-state index in [0.717, 1.165) is 0 Å². The summed E-state index contributed by atoms with van der Waals surface area (Å²) in [7, 11) is 0. The summed E-state index contributed by atoms with van der Waals surface area (Å²) in [5.74, 6) is -1.38. The van der Waals surface area contributed by atoms with Crippen LogP contribution >= 0.6 is 11.3 Å². The summed E-state index contributed by atoms with van der Waals surface area (Å²) in [4.78, 5) is 23.3. The molecule has 1 aromatic heterocycles.